The maximum atomic E-state index is 13.2. The van der Waals surface area contributed by atoms with Gasteiger partial charge in [-0.25, -0.2) is 28.7 Å². The zero-order chi connectivity index (χ0) is 16.4. The Kier molecular flexibility index (Phi) is 3.92. The molecule has 0 spiro atoms. The average molecular weight is 316 g/mol. The summed E-state index contributed by atoms with van der Waals surface area (Å²) in [6.07, 6.45) is 1.49. The number of nitrogens with zero attached hydrogens (tertiary/aromatic N) is 2. The standard InChI is InChI=1S/C16H14F2N4O/c1-10(11-6-7-12(17)13(18)8-11)20-16(23)21-22-9-19-14-4-2-3-5-15(14)22/h2-10H,1H3,(H2,20,21,23)/t10-/m1/s1. The Bertz CT molecular complexity index is 862. The summed E-state index contributed by atoms with van der Waals surface area (Å²) in [7, 11) is 0. The Hall–Kier alpha value is -2.96. The van der Waals surface area contributed by atoms with Gasteiger partial charge in [0.15, 0.2) is 11.6 Å². The predicted molar refractivity (Wildman–Crippen MR) is 82.4 cm³/mol. The number of halogens is 2. The number of fused-ring (bicyclic) bond motifs is 1. The fourth-order valence-corrected chi connectivity index (χ4v) is 2.25. The first-order chi connectivity index (χ1) is 11.0. The van der Waals surface area contributed by atoms with Crippen LogP contribution in [0.2, 0.25) is 0 Å². The molecule has 1 atom stereocenters. The quantitative estimate of drug-likeness (QED) is 0.778. The summed E-state index contributed by atoms with van der Waals surface area (Å²) in [5.41, 5.74) is 4.60. The summed E-state index contributed by atoms with van der Waals surface area (Å²) < 4.78 is 27.7. The van der Waals surface area contributed by atoms with Crippen LogP contribution in [0.15, 0.2) is 48.8 Å². The van der Waals surface area contributed by atoms with Crippen molar-refractivity contribution < 1.29 is 13.6 Å². The average Bonchev–Trinajstić information content (AvgIpc) is 2.93. The van der Waals surface area contributed by atoms with E-state index in [1.54, 1.807) is 6.92 Å². The lowest BCUT2D eigenvalue weighted by atomic mass is 10.1. The number of carbonyl (C=O) groups excluding carboxylic acids is 1. The van der Waals surface area contributed by atoms with Gasteiger partial charge in [-0.2, -0.15) is 0 Å². The number of hydrogen-bond donors (Lipinski definition) is 2. The van der Waals surface area contributed by atoms with Crippen molar-refractivity contribution in [1.82, 2.24) is 15.0 Å². The van der Waals surface area contributed by atoms with Crippen LogP contribution >= 0.6 is 0 Å². The first kappa shape index (κ1) is 15.0. The molecule has 0 aliphatic carbocycles. The number of nitrogens with one attached hydrogen (secondary N) is 2. The van der Waals surface area contributed by atoms with E-state index in [1.165, 1.54) is 17.1 Å². The van der Waals surface area contributed by atoms with Gasteiger partial charge in [0.05, 0.1) is 17.1 Å². The van der Waals surface area contributed by atoms with Crippen molar-refractivity contribution in [1.29, 1.82) is 0 Å². The van der Waals surface area contributed by atoms with Gasteiger partial charge in [0.2, 0.25) is 0 Å². The second-order valence-electron chi connectivity index (χ2n) is 5.08. The van der Waals surface area contributed by atoms with Crippen molar-refractivity contribution in [2.45, 2.75) is 13.0 Å². The van der Waals surface area contributed by atoms with Gasteiger partial charge < -0.3 is 5.32 Å². The molecule has 0 radical (unpaired) electrons. The topological polar surface area (TPSA) is 59.0 Å². The highest BCUT2D eigenvalue weighted by molar-refractivity contribution is 5.85. The third-order valence-corrected chi connectivity index (χ3v) is 3.47. The molecule has 0 aliphatic rings. The number of para-hydroxylation sites is 2. The van der Waals surface area contributed by atoms with Crippen molar-refractivity contribution in [3.63, 3.8) is 0 Å². The number of rotatable bonds is 3. The van der Waals surface area contributed by atoms with Gasteiger partial charge in [0, 0.05) is 0 Å². The molecular formula is C16H14F2N4O. The van der Waals surface area contributed by atoms with Gasteiger partial charge in [0.1, 0.15) is 6.33 Å². The van der Waals surface area contributed by atoms with E-state index < -0.39 is 23.7 Å². The Morgan fingerprint density at radius 2 is 1.96 bits per heavy atom. The Morgan fingerprint density at radius 1 is 1.17 bits per heavy atom. The number of aromatic nitrogens is 2. The van der Waals surface area contributed by atoms with Crippen LogP contribution in [-0.2, 0) is 0 Å². The second kappa shape index (κ2) is 6.04. The van der Waals surface area contributed by atoms with E-state index >= 15 is 0 Å². The Morgan fingerprint density at radius 3 is 2.74 bits per heavy atom. The van der Waals surface area contributed by atoms with Crippen LogP contribution in [0.1, 0.15) is 18.5 Å². The molecule has 0 bridgehead atoms. The third kappa shape index (κ3) is 3.13. The van der Waals surface area contributed by atoms with Gasteiger partial charge in [-0.15, -0.1) is 0 Å². The number of imidazole rings is 1. The lowest BCUT2D eigenvalue weighted by Gasteiger charge is -2.15. The lowest BCUT2D eigenvalue weighted by Crippen LogP contribution is -2.35. The number of hydrogen-bond acceptors (Lipinski definition) is 2. The van der Waals surface area contributed by atoms with Gasteiger partial charge >= 0.3 is 6.03 Å². The van der Waals surface area contributed by atoms with Crippen LogP contribution in [0.5, 0.6) is 0 Å². The molecule has 3 rings (SSSR count). The molecule has 1 heterocycles. The maximum Gasteiger partial charge on any atom is 0.334 e. The fraction of sp³-hybridized carbons (Fsp3) is 0.125. The van der Waals surface area contributed by atoms with Crippen LogP contribution in [-0.4, -0.2) is 15.7 Å². The summed E-state index contributed by atoms with van der Waals surface area (Å²) in [5, 5.41) is 2.66. The molecule has 1 aromatic heterocycles. The zero-order valence-corrected chi connectivity index (χ0v) is 12.3. The van der Waals surface area contributed by atoms with E-state index in [-0.39, 0.29) is 0 Å². The monoisotopic (exact) mass is 316 g/mol. The minimum atomic E-state index is -0.947. The lowest BCUT2D eigenvalue weighted by molar-refractivity contribution is 0.247. The molecular weight excluding hydrogens is 302 g/mol. The van der Waals surface area contributed by atoms with Crippen LogP contribution in [0.4, 0.5) is 13.6 Å². The van der Waals surface area contributed by atoms with Gasteiger partial charge in [-0.1, -0.05) is 18.2 Å². The van der Waals surface area contributed by atoms with Crippen LogP contribution in [0.25, 0.3) is 11.0 Å². The minimum Gasteiger partial charge on any atom is -0.330 e. The van der Waals surface area contributed by atoms with Crippen molar-refractivity contribution in [2.75, 3.05) is 5.43 Å². The van der Waals surface area contributed by atoms with Crippen molar-refractivity contribution in [2.24, 2.45) is 0 Å². The molecule has 0 saturated carbocycles. The fourth-order valence-electron chi connectivity index (χ4n) is 2.25. The van der Waals surface area contributed by atoms with Crippen LogP contribution in [0.3, 0.4) is 0 Å². The van der Waals surface area contributed by atoms with E-state index in [0.29, 0.717) is 5.56 Å². The molecule has 0 unspecified atom stereocenters. The van der Waals surface area contributed by atoms with E-state index in [9.17, 15) is 13.6 Å². The number of urea groups is 1. The molecule has 3 aromatic rings. The minimum absolute atomic E-state index is 0.467. The van der Waals surface area contributed by atoms with E-state index in [2.05, 4.69) is 15.7 Å². The summed E-state index contributed by atoms with van der Waals surface area (Å²) in [6, 6.07) is 9.89. The Labute approximate surface area is 130 Å². The highest BCUT2D eigenvalue weighted by atomic mass is 19.2. The first-order valence-corrected chi connectivity index (χ1v) is 6.99. The summed E-state index contributed by atoms with van der Waals surface area (Å²) >= 11 is 0. The molecule has 23 heavy (non-hydrogen) atoms. The summed E-state index contributed by atoms with van der Waals surface area (Å²) in [6.45, 7) is 1.68. The molecule has 0 fully saturated rings. The van der Waals surface area contributed by atoms with Gasteiger partial charge in [-0.05, 0) is 36.8 Å². The molecule has 0 aliphatic heterocycles. The third-order valence-electron chi connectivity index (χ3n) is 3.47. The molecule has 118 valence electrons. The second-order valence-corrected chi connectivity index (χ2v) is 5.08. The normalized spacial score (nSPS) is 12.1. The van der Waals surface area contributed by atoms with Crippen LogP contribution in [0, 0.1) is 11.6 Å². The highest BCUT2D eigenvalue weighted by Crippen LogP contribution is 2.16. The molecule has 7 heteroatoms. The van der Waals surface area contributed by atoms with Gasteiger partial charge in [-0.3, -0.25) is 0 Å². The SMILES string of the molecule is C[C@@H](NC(=O)Nn1cnc2ccccc21)c1ccc(F)c(F)c1. The smallest absolute Gasteiger partial charge is 0.330 e. The van der Waals surface area contributed by atoms with E-state index in [1.807, 2.05) is 24.3 Å². The number of amides is 2. The van der Waals surface area contributed by atoms with Crippen molar-refractivity contribution >= 4 is 17.1 Å². The summed E-state index contributed by atoms with van der Waals surface area (Å²) in [5.74, 6) is -1.87. The van der Waals surface area contributed by atoms with Gasteiger partial charge in [0.25, 0.3) is 0 Å². The molecule has 2 aromatic carbocycles. The predicted octanol–water partition coefficient (Wildman–Crippen LogP) is 3.33. The van der Waals surface area contributed by atoms with Crippen LogP contribution < -0.4 is 10.7 Å². The number of benzene rings is 2. The van der Waals surface area contributed by atoms with E-state index in [4.69, 9.17) is 0 Å². The summed E-state index contributed by atoms with van der Waals surface area (Å²) in [4.78, 5) is 16.2. The molecule has 5 nitrogen and oxygen atoms in total. The zero-order valence-electron chi connectivity index (χ0n) is 12.3. The largest absolute Gasteiger partial charge is 0.334 e. The highest BCUT2D eigenvalue weighted by Gasteiger charge is 2.13. The maximum absolute atomic E-state index is 13.2. The molecule has 0 saturated heterocycles. The molecule has 2 amide bonds. The first-order valence-electron chi connectivity index (χ1n) is 6.99. The van der Waals surface area contributed by atoms with E-state index in [0.717, 1.165) is 23.2 Å². The molecule has 2 N–H and O–H groups in total. The van der Waals surface area contributed by atoms with Crippen molar-refractivity contribution in [3.05, 3.63) is 66.0 Å². The van der Waals surface area contributed by atoms with Crippen molar-refractivity contribution in [3.8, 4) is 0 Å². The number of carbonyl (C=O) groups is 1. The Balaban J connectivity index is 1.70.